The number of carbonyl (C=O) groups excluding carboxylic acids is 2. The molecular weight excluding hydrogens is 530 g/mol. The van der Waals surface area contributed by atoms with E-state index in [0.29, 0.717) is 0 Å². The van der Waals surface area contributed by atoms with Crippen LogP contribution in [0.4, 0.5) is 0 Å². The van der Waals surface area contributed by atoms with Gasteiger partial charge in [0.05, 0.1) is 19.3 Å². The Hall–Kier alpha value is -1.58. The van der Waals surface area contributed by atoms with Gasteiger partial charge >= 0.3 is 0 Å². The lowest BCUT2D eigenvalue weighted by Crippen LogP contribution is -2.69. The van der Waals surface area contributed by atoms with Crippen LogP contribution in [0.15, 0.2) is 0 Å². The van der Waals surface area contributed by atoms with E-state index < -0.39 is 117 Å². The Labute approximate surface area is 222 Å². The molecule has 0 aromatic rings. The van der Waals surface area contributed by atoms with E-state index in [2.05, 4.69) is 16.0 Å². The molecule has 17 heteroatoms. The van der Waals surface area contributed by atoms with E-state index in [-0.39, 0.29) is 0 Å². The van der Waals surface area contributed by atoms with Gasteiger partial charge in [0, 0.05) is 13.8 Å². The van der Waals surface area contributed by atoms with Crippen LogP contribution in [0.2, 0.25) is 0 Å². The summed E-state index contributed by atoms with van der Waals surface area (Å²) in [6, 6.07) is -1.35. The summed E-state index contributed by atoms with van der Waals surface area (Å²) in [5.74, 6) is -1.11. The zero-order valence-corrected chi connectivity index (χ0v) is 21.5. The Kier molecular flexibility index (Phi) is 9.14. The maximum absolute atomic E-state index is 12.1. The maximum Gasteiger partial charge on any atom is 0.218 e. The minimum atomic E-state index is -1.73. The summed E-state index contributed by atoms with van der Waals surface area (Å²) in [6.07, 6.45) is -18.1. The number of rotatable bonds is 8. The molecule has 0 aromatic heterocycles. The van der Waals surface area contributed by atoms with Crippen LogP contribution >= 0.6 is 0 Å². The SMILES string of the molecule is CC(=O)N[C@H]1[C@H](O[C@@H]2[C@@H](CO)O[C@@H]3N[C@@]3(NC(C)=O)[C@H]2O[C@@H]2O[C@@H](C)[C@@H](O)[C@@H](O)[C@@H]2O)O[C@H](CO)[C@@H](O)[C@@H]1O. The molecular formula is C22H37N3O14. The molecule has 15 atom stereocenters. The summed E-state index contributed by atoms with van der Waals surface area (Å²) in [7, 11) is 0. The van der Waals surface area contributed by atoms with Crippen molar-refractivity contribution in [1.82, 2.24) is 16.0 Å². The quantitative estimate of drug-likeness (QED) is 0.122. The second-order valence-corrected chi connectivity index (χ2v) is 10.2. The summed E-state index contributed by atoms with van der Waals surface area (Å²) in [5.41, 5.74) is -1.47. The molecule has 0 aromatic carbocycles. The molecule has 0 spiro atoms. The lowest BCUT2D eigenvalue weighted by Gasteiger charge is -2.48. The van der Waals surface area contributed by atoms with E-state index >= 15 is 0 Å². The monoisotopic (exact) mass is 567 g/mol. The van der Waals surface area contributed by atoms with Gasteiger partial charge in [0.1, 0.15) is 67.2 Å². The number of hydrogen-bond acceptors (Lipinski definition) is 15. The Morgan fingerprint density at radius 1 is 0.821 bits per heavy atom. The Balaban J connectivity index is 1.67. The number of aliphatic hydroxyl groups excluding tert-OH is 7. The average molecular weight is 568 g/mol. The highest BCUT2D eigenvalue weighted by Gasteiger charge is 2.70. The predicted molar refractivity (Wildman–Crippen MR) is 123 cm³/mol. The molecule has 0 aliphatic carbocycles. The minimum absolute atomic E-state index is 0.513. The number of ether oxygens (including phenoxy) is 5. The van der Waals surface area contributed by atoms with Crippen LogP contribution in [-0.2, 0) is 33.3 Å². The van der Waals surface area contributed by atoms with E-state index in [0.717, 1.165) is 6.92 Å². The van der Waals surface area contributed by atoms with Crippen LogP contribution in [0.3, 0.4) is 0 Å². The van der Waals surface area contributed by atoms with Crippen LogP contribution in [0.25, 0.3) is 0 Å². The largest absolute Gasteiger partial charge is 0.394 e. The molecule has 4 aliphatic heterocycles. The van der Waals surface area contributed by atoms with Crippen molar-refractivity contribution in [1.29, 1.82) is 0 Å². The van der Waals surface area contributed by atoms with Crippen LogP contribution < -0.4 is 16.0 Å². The fourth-order valence-corrected chi connectivity index (χ4v) is 5.22. The average Bonchev–Trinajstić information content (AvgIpc) is 3.58. The first-order chi connectivity index (χ1) is 18.3. The number of carbonyl (C=O) groups is 2. The summed E-state index contributed by atoms with van der Waals surface area (Å²) >= 11 is 0. The van der Waals surface area contributed by atoms with Gasteiger partial charge in [-0.3, -0.25) is 14.9 Å². The molecule has 10 N–H and O–H groups in total. The summed E-state index contributed by atoms with van der Waals surface area (Å²) in [6.45, 7) is 2.48. The van der Waals surface area contributed by atoms with E-state index in [9.17, 15) is 45.3 Å². The Morgan fingerprint density at radius 2 is 1.49 bits per heavy atom. The first kappa shape index (κ1) is 30.4. The molecule has 0 unspecified atom stereocenters. The fourth-order valence-electron chi connectivity index (χ4n) is 5.22. The lowest BCUT2D eigenvalue weighted by molar-refractivity contribution is -0.347. The molecule has 2 amide bonds. The van der Waals surface area contributed by atoms with Gasteiger partial charge in [-0.05, 0) is 6.92 Å². The van der Waals surface area contributed by atoms with Gasteiger partial charge in [0.25, 0.3) is 0 Å². The zero-order valence-electron chi connectivity index (χ0n) is 21.5. The summed E-state index contributed by atoms with van der Waals surface area (Å²) in [4.78, 5) is 24.0. The third-order valence-electron chi connectivity index (χ3n) is 7.32. The van der Waals surface area contributed by atoms with Crippen molar-refractivity contribution in [2.24, 2.45) is 0 Å². The highest BCUT2D eigenvalue weighted by atomic mass is 16.7. The number of hydrogen-bond donors (Lipinski definition) is 10. The van der Waals surface area contributed by atoms with Gasteiger partial charge in [-0.25, -0.2) is 0 Å². The highest BCUT2D eigenvalue weighted by Crippen LogP contribution is 2.43. The molecule has 0 radical (unpaired) electrons. The van der Waals surface area contributed by atoms with Gasteiger partial charge in [-0.1, -0.05) is 0 Å². The molecule has 0 bridgehead atoms. The van der Waals surface area contributed by atoms with E-state index in [1.54, 1.807) is 0 Å². The molecule has 4 rings (SSSR count). The van der Waals surface area contributed by atoms with E-state index in [1.807, 2.05) is 0 Å². The molecule has 4 heterocycles. The van der Waals surface area contributed by atoms with Crippen molar-refractivity contribution >= 4 is 11.8 Å². The molecule has 4 saturated heterocycles. The number of nitrogens with one attached hydrogen (secondary N) is 3. The van der Waals surface area contributed by atoms with E-state index in [4.69, 9.17) is 23.7 Å². The fraction of sp³-hybridized carbons (Fsp3) is 0.909. The zero-order chi connectivity index (χ0) is 28.8. The second kappa shape index (κ2) is 11.7. The smallest absolute Gasteiger partial charge is 0.218 e. The van der Waals surface area contributed by atoms with Crippen molar-refractivity contribution in [3.05, 3.63) is 0 Å². The van der Waals surface area contributed by atoms with E-state index in [1.165, 1.54) is 13.8 Å². The van der Waals surface area contributed by atoms with Crippen LogP contribution in [0, 0.1) is 0 Å². The Morgan fingerprint density at radius 3 is 2.08 bits per heavy atom. The van der Waals surface area contributed by atoms with Gasteiger partial charge in [-0.15, -0.1) is 0 Å². The number of amides is 2. The summed E-state index contributed by atoms with van der Waals surface area (Å²) < 4.78 is 29.2. The van der Waals surface area contributed by atoms with Gasteiger partial charge in [-0.2, -0.15) is 0 Å². The van der Waals surface area contributed by atoms with Crippen LogP contribution in [-0.4, -0.2) is 152 Å². The Bertz CT molecular complexity index is 900. The topological polar surface area (TPSA) is 268 Å². The first-order valence-electron chi connectivity index (χ1n) is 12.6. The second-order valence-electron chi connectivity index (χ2n) is 10.2. The van der Waals surface area contributed by atoms with Crippen molar-refractivity contribution in [2.45, 2.75) is 112 Å². The third-order valence-corrected chi connectivity index (χ3v) is 7.32. The maximum atomic E-state index is 12.1. The molecule has 0 saturated carbocycles. The molecule has 4 aliphatic rings. The molecule has 4 fully saturated rings. The van der Waals surface area contributed by atoms with Crippen molar-refractivity contribution in [2.75, 3.05) is 13.2 Å². The van der Waals surface area contributed by atoms with Crippen molar-refractivity contribution in [3.8, 4) is 0 Å². The number of aliphatic hydroxyl groups is 7. The van der Waals surface area contributed by atoms with Crippen LogP contribution in [0.5, 0.6) is 0 Å². The van der Waals surface area contributed by atoms with Crippen molar-refractivity contribution < 1.29 is 69.0 Å². The third kappa shape index (κ3) is 5.78. The standard InChI is InChI=1S/C22H37N3O14/c1-6-12(30)15(33)16(34)20(35-6)39-18-17(10(5-27)37-21-22(18,25-21)24-8(3)29)38-19-11(23-7(2)28)14(32)13(31)9(4-26)36-19/h6,9-21,25-27,30-34H,4-5H2,1-3H3,(H,23,28)(H,24,29)/t6-,9+,10+,11+,12+,13+,14+,15+,16-,17+,18-,19-,20-,21-,22-/m0/s1. The number of fused-ring (bicyclic) bond motifs is 1. The normalized spacial score (nSPS) is 49.6. The first-order valence-corrected chi connectivity index (χ1v) is 12.6. The molecule has 39 heavy (non-hydrogen) atoms. The predicted octanol–water partition coefficient (Wildman–Crippen LogP) is -6.32. The molecule has 224 valence electrons. The van der Waals surface area contributed by atoms with Crippen LogP contribution in [0.1, 0.15) is 20.8 Å². The van der Waals surface area contributed by atoms with Gasteiger partial charge < -0.3 is 70.1 Å². The lowest BCUT2D eigenvalue weighted by atomic mass is 9.94. The summed E-state index contributed by atoms with van der Waals surface area (Å²) in [5, 5.41) is 79.7. The highest BCUT2D eigenvalue weighted by molar-refractivity contribution is 5.74. The van der Waals surface area contributed by atoms with Gasteiger partial charge in [0.15, 0.2) is 18.2 Å². The van der Waals surface area contributed by atoms with Gasteiger partial charge in [0.2, 0.25) is 11.8 Å². The van der Waals surface area contributed by atoms with Crippen molar-refractivity contribution in [3.63, 3.8) is 0 Å². The molecule has 17 nitrogen and oxygen atoms in total. The minimum Gasteiger partial charge on any atom is -0.394 e.